The van der Waals surface area contributed by atoms with Crippen LogP contribution in [-0.4, -0.2) is 40.1 Å². The molecular formula is C38H18Cl4HfN8O2-2. The molecule has 10 rings (SSSR count). The summed E-state index contributed by atoms with van der Waals surface area (Å²) in [6.07, 6.45) is 0. The van der Waals surface area contributed by atoms with Gasteiger partial charge in [-0.3, -0.25) is 0 Å². The van der Waals surface area contributed by atoms with Gasteiger partial charge in [0.05, 0.1) is 33.3 Å². The number of aromatic hydroxyl groups is 2. The predicted molar refractivity (Wildman–Crippen MR) is 204 cm³/mol. The molecule has 15 heteroatoms. The van der Waals surface area contributed by atoms with Crippen LogP contribution in [-0.2, 0) is 25.8 Å². The van der Waals surface area contributed by atoms with Gasteiger partial charge >= 0.3 is 0 Å². The first-order valence-corrected chi connectivity index (χ1v) is 17.1. The van der Waals surface area contributed by atoms with Gasteiger partial charge in [-0.25, -0.2) is 9.97 Å². The van der Waals surface area contributed by atoms with Gasteiger partial charge in [-0.05, 0) is 21.5 Å². The molecule has 2 N–H and O–H groups in total. The Morgan fingerprint density at radius 2 is 0.604 bits per heavy atom. The maximum atomic E-state index is 9.08. The summed E-state index contributed by atoms with van der Waals surface area (Å²) >= 11 is 22.0. The molecule has 0 amide bonds. The summed E-state index contributed by atoms with van der Waals surface area (Å²) < 4.78 is 0. The Balaban J connectivity index is 0.000000266. The van der Waals surface area contributed by atoms with Crippen LogP contribution in [0.1, 0.15) is 0 Å². The first-order valence-electron chi connectivity index (χ1n) is 15.6. The average Bonchev–Trinajstić information content (AvgIpc) is 3.92. The molecule has 10 nitrogen and oxygen atoms in total. The number of hydrogen-bond acceptors (Lipinski definition) is 8. The summed E-state index contributed by atoms with van der Waals surface area (Å²) in [5.41, 5.74) is 5.78. The van der Waals surface area contributed by atoms with Crippen molar-refractivity contribution in [1.82, 2.24) is 39.9 Å². The molecule has 0 aliphatic carbocycles. The molecule has 8 bridgehead atoms. The van der Waals surface area contributed by atoms with Gasteiger partial charge < -0.3 is 40.1 Å². The Bertz CT molecular complexity index is 2540. The Hall–Kier alpha value is -4.91. The van der Waals surface area contributed by atoms with Crippen molar-refractivity contribution < 1.29 is 36.1 Å². The van der Waals surface area contributed by atoms with Crippen molar-refractivity contribution >= 4 is 90.5 Å². The van der Waals surface area contributed by atoms with E-state index in [1.165, 1.54) is 0 Å². The first-order chi connectivity index (χ1) is 25.3. The Morgan fingerprint density at radius 3 is 0.868 bits per heavy atom. The molecule has 256 valence electrons. The topological polar surface area (TPSA) is 146 Å². The number of aromatic nitrogens is 8. The SMILES string of the molecule is Oc1c(O)c(Cl)c(Cl)c(Cl)c1Cl.[Hf].c1ccc2c(c1)-c1nc-2nc2[n-]c(nc3nc(nc4[n-]c(n1)c1ccccc41)-c1ccccc1-3)c1ccccc21. The number of phenols is 2. The van der Waals surface area contributed by atoms with Crippen LogP contribution in [0.25, 0.3) is 89.7 Å². The van der Waals surface area contributed by atoms with Gasteiger partial charge in [0.25, 0.3) is 0 Å². The fourth-order valence-electron chi connectivity index (χ4n) is 6.07. The van der Waals surface area contributed by atoms with Crippen LogP contribution < -0.4 is 9.97 Å². The van der Waals surface area contributed by atoms with Gasteiger partial charge in [0, 0.05) is 70.7 Å². The zero-order valence-electron chi connectivity index (χ0n) is 26.7. The van der Waals surface area contributed by atoms with E-state index in [0.29, 0.717) is 45.9 Å². The van der Waals surface area contributed by atoms with E-state index in [4.69, 9.17) is 96.5 Å². The van der Waals surface area contributed by atoms with E-state index in [1.807, 2.05) is 97.1 Å². The smallest absolute Gasteiger partial charge is 0.179 e. The van der Waals surface area contributed by atoms with Crippen LogP contribution in [0.2, 0.25) is 20.1 Å². The fourth-order valence-corrected chi connectivity index (χ4v) is 6.90. The van der Waals surface area contributed by atoms with E-state index < -0.39 is 11.5 Å². The second kappa shape index (κ2) is 13.8. The van der Waals surface area contributed by atoms with Crippen LogP contribution in [0.5, 0.6) is 11.5 Å². The maximum absolute atomic E-state index is 9.08. The molecule has 53 heavy (non-hydrogen) atoms. The molecule has 0 fully saturated rings. The molecule has 0 spiro atoms. The number of rotatable bonds is 0. The molecule has 5 heterocycles. The summed E-state index contributed by atoms with van der Waals surface area (Å²) in [7, 11) is 0. The summed E-state index contributed by atoms with van der Waals surface area (Å²) in [6.45, 7) is 0. The largest absolute Gasteiger partial charge is 0.503 e. The molecule has 2 aliphatic rings. The van der Waals surface area contributed by atoms with E-state index in [0.717, 1.165) is 43.8 Å². The Morgan fingerprint density at radius 1 is 0.358 bits per heavy atom. The monoisotopic (exact) mass is 938 g/mol. The van der Waals surface area contributed by atoms with Crippen LogP contribution in [0, 0.1) is 0 Å². The van der Waals surface area contributed by atoms with Crippen molar-refractivity contribution in [1.29, 1.82) is 0 Å². The van der Waals surface area contributed by atoms with E-state index in [1.54, 1.807) is 0 Å². The molecule has 2 aliphatic heterocycles. The number of benzene rings is 5. The number of hydrogen-bond donors (Lipinski definition) is 2. The predicted octanol–water partition coefficient (Wildman–Crippen LogP) is 9.84. The zero-order valence-corrected chi connectivity index (χ0v) is 33.3. The first kappa shape index (κ1) is 35.1. The Kier molecular flexibility index (Phi) is 9.16. The molecule has 3 aromatic heterocycles. The summed E-state index contributed by atoms with van der Waals surface area (Å²) in [6, 6.07) is 31.8. The van der Waals surface area contributed by atoms with Gasteiger partial charge in [-0.1, -0.05) is 143 Å². The Labute approximate surface area is 338 Å². The van der Waals surface area contributed by atoms with Crippen LogP contribution >= 0.6 is 46.4 Å². The summed E-state index contributed by atoms with van der Waals surface area (Å²) in [5, 5.41) is 21.1. The van der Waals surface area contributed by atoms with Crippen molar-refractivity contribution in [3.8, 4) is 57.1 Å². The molecule has 0 saturated carbocycles. The standard InChI is InChI=1S/C32H16N8.C6H2Cl4O2.Hf/c1-2-10-18-17(9-1)25-33-26(18)38-28-21-13-5-6-14-22(21)30(35-28)40-32-24-16-8-7-15-23(24)31(36-32)39-29-20-12-4-3-11-19(20)27(34-29)37-25;7-1-2(8)4(10)6(12)5(11)3(1)9;/h1-16H;11-12H;/q-2;;. The third-order valence-electron chi connectivity index (χ3n) is 8.55. The van der Waals surface area contributed by atoms with E-state index in [9.17, 15) is 0 Å². The third-order valence-corrected chi connectivity index (χ3v) is 10.3. The zero-order chi connectivity index (χ0) is 35.7. The second-order valence-corrected chi connectivity index (χ2v) is 13.1. The van der Waals surface area contributed by atoms with Crippen molar-refractivity contribution in [2.45, 2.75) is 0 Å². The number of halogens is 4. The summed E-state index contributed by atoms with van der Waals surface area (Å²) in [5.74, 6) is 1.06. The minimum absolute atomic E-state index is 0. The molecular weight excluding hydrogens is 921 g/mol. The molecule has 0 radical (unpaired) electrons. The third kappa shape index (κ3) is 5.93. The molecule has 0 unspecified atom stereocenters. The second-order valence-electron chi connectivity index (χ2n) is 11.6. The van der Waals surface area contributed by atoms with Gasteiger partial charge in [0.1, 0.15) is 10.0 Å². The fraction of sp³-hybridized carbons (Fsp3) is 0. The van der Waals surface area contributed by atoms with Gasteiger partial charge in [-0.15, -0.1) is 0 Å². The van der Waals surface area contributed by atoms with Gasteiger partial charge in [-0.2, -0.15) is 0 Å². The molecule has 5 aromatic carbocycles. The van der Waals surface area contributed by atoms with E-state index >= 15 is 0 Å². The minimum Gasteiger partial charge on any atom is -0.503 e. The van der Waals surface area contributed by atoms with Gasteiger partial charge in [0.15, 0.2) is 11.5 Å². The number of nitrogens with zero attached hydrogens (tertiary/aromatic N) is 8. The number of fused-ring (bicyclic) bond motifs is 20. The van der Waals surface area contributed by atoms with Gasteiger partial charge in [0.2, 0.25) is 0 Å². The minimum atomic E-state index is -0.573. The molecule has 0 atom stereocenters. The van der Waals surface area contributed by atoms with Crippen molar-refractivity contribution in [2.75, 3.05) is 0 Å². The van der Waals surface area contributed by atoms with Crippen LogP contribution in [0.4, 0.5) is 0 Å². The quantitative estimate of drug-likeness (QED) is 0.0652. The van der Waals surface area contributed by atoms with E-state index in [-0.39, 0.29) is 45.9 Å². The van der Waals surface area contributed by atoms with Crippen molar-refractivity contribution in [3.63, 3.8) is 0 Å². The van der Waals surface area contributed by atoms with Crippen LogP contribution in [0.3, 0.4) is 0 Å². The normalized spacial score (nSPS) is 11.4. The summed E-state index contributed by atoms with van der Waals surface area (Å²) in [4.78, 5) is 39.3. The molecule has 0 saturated heterocycles. The maximum Gasteiger partial charge on any atom is 0.179 e. The van der Waals surface area contributed by atoms with Crippen molar-refractivity contribution in [2.24, 2.45) is 0 Å². The van der Waals surface area contributed by atoms with E-state index in [2.05, 4.69) is 0 Å². The molecule has 8 aromatic rings. The number of phenolic OH excluding ortho intramolecular Hbond substituents is 2. The van der Waals surface area contributed by atoms with Crippen molar-refractivity contribution in [3.05, 3.63) is 117 Å². The van der Waals surface area contributed by atoms with Crippen LogP contribution in [0.15, 0.2) is 97.1 Å². The average molecular weight is 939 g/mol.